The second-order valence-electron chi connectivity index (χ2n) is 8.14. The Hall–Kier alpha value is -2.74. The van der Waals surface area contributed by atoms with E-state index < -0.39 is 5.54 Å². The van der Waals surface area contributed by atoms with Gasteiger partial charge in [-0.1, -0.05) is 19.1 Å². The number of aromatic nitrogens is 1. The Balaban J connectivity index is 1.57. The maximum absolute atomic E-state index is 13.7. The van der Waals surface area contributed by atoms with Crippen molar-refractivity contribution in [2.24, 2.45) is 5.92 Å². The fourth-order valence-electron chi connectivity index (χ4n) is 4.66. The number of amides is 4. The van der Waals surface area contributed by atoms with Gasteiger partial charge in [-0.15, -0.1) is 11.3 Å². The van der Waals surface area contributed by atoms with Crippen molar-refractivity contribution in [1.29, 1.82) is 0 Å². The summed E-state index contributed by atoms with van der Waals surface area (Å²) in [7, 11) is 0. The van der Waals surface area contributed by atoms with Crippen molar-refractivity contribution in [2.45, 2.75) is 44.6 Å². The Morgan fingerprint density at radius 3 is 2.68 bits per heavy atom. The number of likely N-dealkylation sites (tertiary alicyclic amines) is 1. The maximum atomic E-state index is 13.7. The lowest BCUT2D eigenvalue weighted by Crippen LogP contribution is -2.54. The molecular weight excluding hydrogens is 412 g/mol. The van der Waals surface area contributed by atoms with E-state index in [0.29, 0.717) is 51.0 Å². The molecule has 0 aromatic carbocycles. The van der Waals surface area contributed by atoms with Crippen LogP contribution < -0.4 is 5.32 Å². The molecular formula is C23H28N4O3S. The molecule has 1 atom stereocenters. The minimum Gasteiger partial charge on any atom is -0.343 e. The molecule has 31 heavy (non-hydrogen) atoms. The molecule has 0 saturated carbocycles. The van der Waals surface area contributed by atoms with Crippen LogP contribution in [-0.2, 0) is 21.5 Å². The normalized spacial score (nSPS) is 22.1. The number of pyridine rings is 1. The zero-order valence-corrected chi connectivity index (χ0v) is 18.6. The van der Waals surface area contributed by atoms with Crippen molar-refractivity contribution < 1.29 is 14.4 Å². The number of piperidine rings is 1. The van der Waals surface area contributed by atoms with Crippen LogP contribution in [0.4, 0.5) is 4.79 Å². The average molecular weight is 441 g/mol. The minimum absolute atomic E-state index is 0.115. The summed E-state index contributed by atoms with van der Waals surface area (Å²) in [5, 5.41) is 5.02. The maximum Gasteiger partial charge on any atom is 0.325 e. The van der Waals surface area contributed by atoms with Crippen LogP contribution in [0.3, 0.4) is 0 Å². The molecule has 164 valence electrons. The number of carbonyl (C=O) groups is 3. The monoisotopic (exact) mass is 440 g/mol. The van der Waals surface area contributed by atoms with Crippen LogP contribution >= 0.6 is 11.3 Å². The van der Waals surface area contributed by atoms with E-state index in [9.17, 15) is 14.4 Å². The zero-order valence-electron chi connectivity index (χ0n) is 17.8. The van der Waals surface area contributed by atoms with Gasteiger partial charge in [-0.2, -0.15) is 0 Å². The molecule has 2 fully saturated rings. The van der Waals surface area contributed by atoms with E-state index in [-0.39, 0.29) is 23.8 Å². The zero-order chi connectivity index (χ0) is 21.8. The summed E-state index contributed by atoms with van der Waals surface area (Å²) in [6.07, 6.45) is 4.96. The second-order valence-corrected chi connectivity index (χ2v) is 9.18. The van der Waals surface area contributed by atoms with Gasteiger partial charge in [-0.05, 0) is 49.3 Å². The SMILES string of the molecule is CCCC(=O)N1CCC([C@]2(c3ccccn3)NC(=O)N(CCc3cccs3)C2=O)CC1. The van der Waals surface area contributed by atoms with Crippen molar-refractivity contribution in [3.05, 3.63) is 52.5 Å². The van der Waals surface area contributed by atoms with E-state index >= 15 is 0 Å². The fraction of sp³-hybridized carbons (Fsp3) is 0.478. The molecule has 1 N–H and O–H groups in total. The second kappa shape index (κ2) is 9.18. The third kappa shape index (κ3) is 4.08. The lowest BCUT2D eigenvalue weighted by molar-refractivity contribution is -0.136. The molecule has 0 bridgehead atoms. The first-order valence-corrected chi connectivity index (χ1v) is 11.8. The first-order chi connectivity index (χ1) is 15.1. The van der Waals surface area contributed by atoms with Crippen LogP contribution in [0.2, 0.25) is 0 Å². The Morgan fingerprint density at radius 1 is 1.23 bits per heavy atom. The highest BCUT2D eigenvalue weighted by Crippen LogP contribution is 2.40. The van der Waals surface area contributed by atoms with Gasteiger partial charge in [-0.3, -0.25) is 19.5 Å². The molecule has 0 spiro atoms. The van der Waals surface area contributed by atoms with Crippen LogP contribution in [0.1, 0.15) is 43.2 Å². The molecule has 8 heteroatoms. The van der Waals surface area contributed by atoms with Crippen LogP contribution in [0.15, 0.2) is 41.9 Å². The van der Waals surface area contributed by atoms with Gasteiger partial charge in [0.1, 0.15) is 0 Å². The molecule has 7 nitrogen and oxygen atoms in total. The third-order valence-electron chi connectivity index (χ3n) is 6.29. The van der Waals surface area contributed by atoms with Gasteiger partial charge in [0.25, 0.3) is 5.91 Å². The molecule has 0 radical (unpaired) electrons. The highest BCUT2D eigenvalue weighted by atomic mass is 32.1. The van der Waals surface area contributed by atoms with Crippen LogP contribution in [-0.4, -0.2) is 52.3 Å². The Kier molecular flexibility index (Phi) is 6.36. The van der Waals surface area contributed by atoms with Crippen molar-refractivity contribution in [3.63, 3.8) is 0 Å². The molecule has 2 aromatic rings. The van der Waals surface area contributed by atoms with Gasteiger partial charge in [0.05, 0.1) is 5.69 Å². The Morgan fingerprint density at radius 2 is 2.03 bits per heavy atom. The highest BCUT2D eigenvalue weighted by Gasteiger charge is 2.58. The van der Waals surface area contributed by atoms with Gasteiger partial charge in [0, 0.05) is 43.0 Å². The summed E-state index contributed by atoms with van der Waals surface area (Å²) in [5.74, 6) is -0.186. The predicted octanol–water partition coefficient (Wildman–Crippen LogP) is 3.17. The minimum atomic E-state index is -1.17. The fourth-order valence-corrected chi connectivity index (χ4v) is 5.36. The molecule has 0 aliphatic carbocycles. The van der Waals surface area contributed by atoms with E-state index in [1.54, 1.807) is 23.6 Å². The van der Waals surface area contributed by atoms with E-state index in [1.807, 2.05) is 41.5 Å². The number of nitrogens with zero attached hydrogens (tertiary/aromatic N) is 3. The number of thiophene rings is 1. The third-order valence-corrected chi connectivity index (χ3v) is 7.22. The predicted molar refractivity (Wildman–Crippen MR) is 118 cm³/mol. The molecule has 2 saturated heterocycles. The van der Waals surface area contributed by atoms with E-state index in [0.717, 1.165) is 11.3 Å². The average Bonchev–Trinajstić information content (AvgIpc) is 3.40. The number of hydrogen-bond acceptors (Lipinski definition) is 5. The van der Waals surface area contributed by atoms with Crippen LogP contribution in [0, 0.1) is 5.92 Å². The molecule has 2 aromatic heterocycles. The summed E-state index contributed by atoms with van der Waals surface area (Å²) in [6.45, 7) is 3.53. The number of rotatable bonds is 7. The number of imide groups is 1. The van der Waals surface area contributed by atoms with Crippen molar-refractivity contribution in [2.75, 3.05) is 19.6 Å². The summed E-state index contributed by atoms with van der Waals surface area (Å²) in [5.41, 5.74) is -0.599. The molecule has 2 aliphatic heterocycles. The van der Waals surface area contributed by atoms with Gasteiger partial charge >= 0.3 is 6.03 Å². The lowest BCUT2D eigenvalue weighted by Gasteiger charge is -2.40. The quantitative estimate of drug-likeness (QED) is 0.671. The summed E-state index contributed by atoms with van der Waals surface area (Å²) in [4.78, 5) is 47.8. The summed E-state index contributed by atoms with van der Waals surface area (Å²) in [6, 6.07) is 9.08. The Labute approximate surface area is 186 Å². The van der Waals surface area contributed by atoms with E-state index in [2.05, 4.69) is 10.3 Å². The number of nitrogens with one attached hydrogen (secondary N) is 1. The van der Waals surface area contributed by atoms with Gasteiger partial charge < -0.3 is 10.2 Å². The smallest absolute Gasteiger partial charge is 0.325 e. The van der Waals surface area contributed by atoms with Crippen LogP contribution in [0.5, 0.6) is 0 Å². The van der Waals surface area contributed by atoms with E-state index in [1.165, 1.54) is 4.90 Å². The molecule has 4 heterocycles. The summed E-state index contributed by atoms with van der Waals surface area (Å²) >= 11 is 1.62. The van der Waals surface area contributed by atoms with Gasteiger partial charge in [0.2, 0.25) is 5.91 Å². The Bertz CT molecular complexity index is 926. The lowest BCUT2D eigenvalue weighted by atomic mass is 9.75. The number of urea groups is 1. The van der Waals surface area contributed by atoms with Crippen LogP contribution in [0.25, 0.3) is 0 Å². The molecule has 4 amide bonds. The number of hydrogen-bond donors (Lipinski definition) is 1. The molecule has 4 rings (SSSR count). The first-order valence-electron chi connectivity index (χ1n) is 10.9. The van der Waals surface area contributed by atoms with E-state index in [4.69, 9.17) is 0 Å². The van der Waals surface area contributed by atoms with Crippen molar-refractivity contribution >= 4 is 29.2 Å². The highest BCUT2D eigenvalue weighted by molar-refractivity contribution is 7.09. The van der Waals surface area contributed by atoms with Gasteiger partial charge in [0.15, 0.2) is 5.54 Å². The van der Waals surface area contributed by atoms with Crippen molar-refractivity contribution in [1.82, 2.24) is 20.1 Å². The standard InChI is InChI=1S/C23H28N4O3S/c1-2-6-20(28)26-13-9-17(10-14-26)23(19-8-3-4-12-24-19)21(29)27(22(30)25-23)15-11-18-7-5-16-31-18/h3-5,7-8,12,16-17H,2,6,9-11,13-15H2,1H3,(H,25,30)/t23-/m1/s1. The van der Waals surface area contributed by atoms with Gasteiger partial charge in [-0.25, -0.2) is 4.79 Å². The topological polar surface area (TPSA) is 82.6 Å². The molecule has 0 unspecified atom stereocenters. The van der Waals surface area contributed by atoms with Crippen molar-refractivity contribution in [3.8, 4) is 0 Å². The summed E-state index contributed by atoms with van der Waals surface area (Å²) < 4.78 is 0. The first kappa shape index (κ1) is 21.5. The molecule has 2 aliphatic rings. The number of carbonyl (C=O) groups excluding carboxylic acids is 3. The largest absolute Gasteiger partial charge is 0.343 e.